The summed E-state index contributed by atoms with van der Waals surface area (Å²) in [5.74, 6) is -0.0828. The Labute approximate surface area is 199 Å². The van der Waals surface area contributed by atoms with Gasteiger partial charge >= 0.3 is 0 Å². The molecule has 0 bridgehead atoms. The molecule has 34 heavy (non-hydrogen) atoms. The van der Waals surface area contributed by atoms with Crippen LogP contribution < -0.4 is 19.5 Å². The van der Waals surface area contributed by atoms with Crippen molar-refractivity contribution in [3.63, 3.8) is 0 Å². The van der Waals surface area contributed by atoms with Crippen molar-refractivity contribution in [2.45, 2.75) is 24.3 Å². The molecule has 1 amide bonds. The molecule has 2 N–H and O–H groups in total. The molecule has 1 unspecified atom stereocenters. The zero-order valence-electron chi connectivity index (χ0n) is 19.1. The smallest absolute Gasteiger partial charge is 0.242 e. The second-order valence-electron chi connectivity index (χ2n) is 7.51. The van der Waals surface area contributed by atoms with Gasteiger partial charge in [0.1, 0.15) is 6.04 Å². The standard InChI is InChI=1S/C25H26N2O6S/c1-17(28)19-10-7-11-20(15-19)26-25(29)22(14-18-8-5-4-6-9-18)27-34(30,31)21-12-13-23(32-2)24(16-21)33-3/h4-13,15-16,22,27H,14H2,1-3H3,(H,26,29). The molecule has 0 aliphatic heterocycles. The van der Waals surface area contributed by atoms with Gasteiger partial charge in [0, 0.05) is 17.3 Å². The van der Waals surface area contributed by atoms with Crippen LogP contribution in [0.1, 0.15) is 22.8 Å². The average Bonchev–Trinajstić information content (AvgIpc) is 2.83. The molecule has 3 aromatic carbocycles. The highest BCUT2D eigenvalue weighted by molar-refractivity contribution is 7.89. The number of carbonyl (C=O) groups is 2. The van der Waals surface area contributed by atoms with E-state index in [2.05, 4.69) is 10.0 Å². The molecule has 0 heterocycles. The summed E-state index contributed by atoms with van der Waals surface area (Å²) in [6.07, 6.45) is 0.117. The molecule has 3 aromatic rings. The summed E-state index contributed by atoms with van der Waals surface area (Å²) in [7, 11) is -1.24. The lowest BCUT2D eigenvalue weighted by Gasteiger charge is -2.19. The van der Waals surface area contributed by atoms with Gasteiger partial charge in [-0.3, -0.25) is 9.59 Å². The lowest BCUT2D eigenvalue weighted by atomic mass is 10.1. The van der Waals surface area contributed by atoms with Crippen molar-refractivity contribution in [2.24, 2.45) is 0 Å². The summed E-state index contributed by atoms with van der Waals surface area (Å²) in [5, 5.41) is 2.71. The number of hydrogen-bond acceptors (Lipinski definition) is 6. The van der Waals surface area contributed by atoms with Gasteiger partial charge in [-0.2, -0.15) is 4.72 Å². The number of amides is 1. The Bertz CT molecular complexity index is 1280. The maximum atomic E-state index is 13.2. The quantitative estimate of drug-likeness (QED) is 0.429. The van der Waals surface area contributed by atoms with Gasteiger partial charge < -0.3 is 14.8 Å². The summed E-state index contributed by atoms with van der Waals surface area (Å²) in [6.45, 7) is 1.43. The van der Waals surface area contributed by atoms with E-state index in [1.807, 2.05) is 18.2 Å². The lowest BCUT2D eigenvalue weighted by molar-refractivity contribution is -0.117. The molecule has 0 aliphatic carbocycles. The van der Waals surface area contributed by atoms with Gasteiger partial charge in [0.15, 0.2) is 17.3 Å². The first-order chi connectivity index (χ1) is 16.2. The Morgan fingerprint density at radius 2 is 1.59 bits per heavy atom. The van der Waals surface area contributed by atoms with Gasteiger partial charge in [0.2, 0.25) is 15.9 Å². The van der Waals surface area contributed by atoms with Gasteiger partial charge in [-0.05, 0) is 43.2 Å². The van der Waals surface area contributed by atoms with Crippen molar-refractivity contribution in [2.75, 3.05) is 19.5 Å². The fourth-order valence-electron chi connectivity index (χ4n) is 3.32. The number of hydrogen-bond donors (Lipinski definition) is 2. The molecule has 0 spiro atoms. The molecular weight excluding hydrogens is 456 g/mol. The minimum absolute atomic E-state index is 0.0745. The fraction of sp³-hybridized carbons (Fsp3) is 0.200. The highest BCUT2D eigenvalue weighted by Crippen LogP contribution is 2.29. The average molecular weight is 483 g/mol. The minimum atomic E-state index is -4.10. The molecule has 9 heteroatoms. The first-order valence-corrected chi connectivity index (χ1v) is 11.9. The third kappa shape index (κ3) is 6.21. The zero-order valence-corrected chi connectivity index (χ0v) is 19.9. The van der Waals surface area contributed by atoms with Gasteiger partial charge in [0.05, 0.1) is 19.1 Å². The van der Waals surface area contributed by atoms with E-state index < -0.39 is 22.0 Å². The van der Waals surface area contributed by atoms with Crippen molar-refractivity contribution < 1.29 is 27.5 Å². The van der Waals surface area contributed by atoms with Crippen LogP contribution in [0.4, 0.5) is 5.69 Å². The first kappa shape index (κ1) is 24.9. The van der Waals surface area contributed by atoms with Crippen LogP contribution >= 0.6 is 0 Å². The number of benzene rings is 3. The molecule has 8 nitrogen and oxygen atoms in total. The lowest BCUT2D eigenvalue weighted by Crippen LogP contribution is -2.45. The summed E-state index contributed by atoms with van der Waals surface area (Å²) >= 11 is 0. The Balaban J connectivity index is 1.90. The third-order valence-electron chi connectivity index (χ3n) is 5.10. The van der Waals surface area contributed by atoms with Gasteiger partial charge in [0.25, 0.3) is 0 Å². The Hall–Kier alpha value is -3.69. The normalized spacial score (nSPS) is 12.0. The molecule has 0 fully saturated rings. The van der Waals surface area contributed by atoms with Gasteiger partial charge in [-0.1, -0.05) is 42.5 Å². The maximum absolute atomic E-state index is 13.2. The molecule has 0 saturated heterocycles. The predicted octanol–water partition coefficient (Wildman–Crippen LogP) is 3.43. The van der Waals surface area contributed by atoms with E-state index in [-0.39, 0.29) is 22.8 Å². The maximum Gasteiger partial charge on any atom is 0.242 e. The Morgan fingerprint density at radius 3 is 2.24 bits per heavy atom. The molecule has 0 saturated carbocycles. The number of anilines is 1. The van der Waals surface area contributed by atoms with Gasteiger partial charge in [-0.15, -0.1) is 0 Å². The molecule has 0 aromatic heterocycles. The number of rotatable bonds is 10. The predicted molar refractivity (Wildman–Crippen MR) is 129 cm³/mol. The number of ether oxygens (including phenoxy) is 2. The van der Waals surface area contributed by atoms with Crippen LogP contribution in [0.2, 0.25) is 0 Å². The number of sulfonamides is 1. The van der Waals surface area contributed by atoms with Crippen LogP contribution in [0.5, 0.6) is 11.5 Å². The monoisotopic (exact) mass is 482 g/mol. The number of ketones is 1. The van der Waals surface area contributed by atoms with Crippen LogP contribution in [0.25, 0.3) is 0 Å². The number of Topliss-reactive ketones (excluding diaryl/α,β-unsaturated/α-hetero) is 1. The van der Waals surface area contributed by atoms with E-state index in [1.54, 1.807) is 36.4 Å². The largest absolute Gasteiger partial charge is 0.493 e. The van der Waals surface area contributed by atoms with Crippen LogP contribution in [-0.4, -0.2) is 40.4 Å². The van der Waals surface area contributed by atoms with Crippen molar-refractivity contribution in [3.05, 3.63) is 83.9 Å². The van der Waals surface area contributed by atoms with E-state index >= 15 is 0 Å². The van der Waals surface area contributed by atoms with Crippen molar-refractivity contribution in [3.8, 4) is 11.5 Å². The summed E-state index contributed by atoms with van der Waals surface area (Å²) < 4.78 is 39.2. The van der Waals surface area contributed by atoms with E-state index in [0.29, 0.717) is 17.0 Å². The van der Waals surface area contributed by atoms with E-state index in [1.165, 1.54) is 39.3 Å². The van der Waals surface area contributed by atoms with Crippen molar-refractivity contribution in [1.29, 1.82) is 0 Å². The fourth-order valence-corrected chi connectivity index (χ4v) is 4.53. The minimum Gasteiger partial charge on any atom is -0.493 e. The van der Waals surface area contributed by atoms with E-state index in [4.69, 9.17) is 9.47 Å². The van der Waals surface area contributed by atoms with Crippen LogP contribution in [-0.2, 0) is 21.2 Å². The van der Waals surface area contributed by atoms with Crippen molar-refractivity contribution in [1.82, 2.24) is 4.72 Å². The number of nitrogens with one attached hydrogen (secondary N) is 2. The van der Waals surface area contributed by atoms with Crippen molar-refractivity contribution >= 4 is 27.4 Å². The van der Waals surface area contributed by atoms with Crippen LogP contribution in [0.15, 0.2) is 77.7 Å². The highest BCUT2D eigenvalue weighted by atomic mass is 32.2. The van der Waals surface area contributed by atoms with Crippen LogP contribution in [0, 0.1) is 0 Å². The van der Waals surface area contributed by atoms with E-state index in [0.717, 1.165) is 5.56 Å². The molecule has 3 rings (SSSR count). The molecule has 0 radical (unpaired) electrons. The third-order valence-corrected chi connectivity index (χ3v) is 6.57. The molecule has 178 valence electrons. The topological polar surface area (TPSA) is 111 Å². The van der Waals surface area contributed by atoms with E-state index in [9.17, 15) is 18.0 Å². The Morgan fingerprint density at radius 1 is 0.882 bits per heavy atom. The number of methoxy groups -OCH3 is 2. The molecule has 0 aliphatic rings. The second kappa shape index (κ2) is 11.0. The summed E-state index contributed by atoms with van der Waals surface area (Å²) in [5.41, 5.74) is 1.60. The zero-order chi connectivity index (χ0) is 24.7. The molecular formula is C25H26N2O6S. The number of carbonyl (C=O) groups excluding carboxylic acids is 2. The Kier molecular flexibility index (Phi) is 8.04. The van der Waals surface area contributed by atoms with Gasteiger partial charge in [-0.25, -0.2) is 8.42 Å². The molecule has 1 atom stereocenters. The van der Waals surface area contributed by atoms with Crippen LogP contribution in [0.3, 0.4) is 0 Å². The first-order valence-electron chi connectivity index (χ1n) is 10.4. The second-order valence-corrected chi connectivity index (χ2v) is 9.22. The summed E-state index contributed by atoms with van der Waals surface area (Å²) in [4.78, 5) is 24.8. The summed E-state index contributed by atoms with van der Waals surface area (Å²) in [6, 6.07) is 18.6. The highest BCUT2D eigenvalue weighted by Gasteiger charge is 2.27. The SMILES string of the molecule is COc1ccc(S(=O)(=O)NC(Cc2ccccc2)C(=O)Nc2cccc(C(C)=O)c2)cc1OC.